The molecule has 1 atom stereocenters. The van der Waals surface area contributed by atoms with E-state index in [0.29, 0.717) is 12.4 Å². The number of nitrogens with zero attached hydrogens (tertiary/aromatic N) is 2. The summed E-state index contributed by atoms with van der Waals surface area (Å²) in [6, 6.07) is 7.58. The Morgan fingerprint density at radius 3 is 2.88 bits per heavy atom. The molecule has 0 aliphatic carbocycles. The Hall–Kier alpha value is -2.18. The van der Waals surface area contributed by atoms with E-state index < -0.39 is 0 Å². The first-order valence-electron chi connectivity index (χ1n) is 9.29. The number of carbonyl (C=O) groups is 1. The van der Waals surface area contributed by atoms with Crippen molar-refractivity contribution in [2.24, 2.45) is 5.41 Å². The van der Waals surface area contributed by atoms with Gasteiger partial charge in [-0.15, -0.1) is 0 Å². The van der Waals surface area contributed by atoms with Gasteiger partial charge in [-0.2, -0.15) is 0 Å². The van der Waals surface area contributed by atoms with Crippen molar-refractivity contribution in [3.05, 3.63) is 54.2 Å². The topological polar surface area (TPSA) is 67.6 Å². The van der Waals surface area contributed by atoms with E-state index in [4.69, 9.17) is 9.15 Å². The van der Waals surface area contributed by atoms with Crippen molar-refractivity contribution < 1.29 is 13.9 Å². The molecule has 1 spiro atoms. The average Bonchev–Trinajstić information content (AvgIpc) is 3.21. The molecule has 6 nitrogen and oxygen atoms in total. The van der Waals surface area contributed by atoms with Crippen LogP contribution in [0.5, 0.6) is 0 Å². The van der Waals surface area contributed by atoms with Crippen molar-refractivity contribution in [2.45, 2.75) is 31.8 Å². The lowest BCUT2D eigenvalue weighted by molar-refractivity contribution is -0.0491. The second-order valence-electron chi connectivity index (χ2n) is 7.33. The van der Waals surface area contributed by atoms with Gasteiger partial charge >= 0.3 is 0 Å². The van der Waals surface area contributed by atoms with Crippen LogP contribution in [0.4, 0.5) is 0 Å². The molecule has 2 aliphatic rings. The van der Waals surface area contributed by atoms with Gasteiger partial charge in [0.2, 0.25) is 0 Å². The lowest BCUT2D eigenvalue weighted by Crippen LogP contribution is -2.57. The fraction of sp³-hybridized carbons (Fsp3) is 0.500. The summed E-state index contributed by atoms with van der Waals surface area (Å²) in [6.45, 7) is 4.35. The summed E-state index contributed by atoms with van der Waals surface area (Å²) in [5.41, 5.74) is 1.37. The standard InChI is InChI=1S/C20H25N3O3/c24-19(17-4-2-11-26-17)22-18-15-25-12-7-20(18)5-9-23(10-6-20)14-16-3-1-8-21-13-16/h1-4,8,11,13,18H,5-7,9-10,12,14-15H2,(H,22,24)/t18-/m1/s1. The molecule has 4 rings (SSSR count). The molecule has 0 radical (unpaired) electrons. The van der Waals surface area contributed by atoms with Gasteiger partial charge < -0.3 is 14.5 Å². The molecule has 6 heteroatoms. The second kappa shape index (κ2) is 7.60. The highest BCUT2D eigenvalue weighted by Crippen LogP contribution is 2.41. The Bertz CT molecular complexity index is 709. The van der Waals surface area contributed by atoms with Crippen LogP contribution in [0.25, 0.3) is 0 Å². The van der Waals surface area contributed by atoms with E-state index in [1.54, 1.807) is 12.1 Å². The fourth-order valence-electron chi connectivity index (χ4n) is 4.16. The number of rotatable bonds is 4. The van der Waals surface area contributed by atoms with Gasteiger partial charge in [-0.3, -0.25) is 14.7 Å². The first-order chi connectivity index (χ1) is 12.8. The minimum atomic E-state index is -0.150. The molecular formula is C20H25N3O3. The minimum Gasteiger partial charge on any atom is -0.459 e. The van der Waals surface area contributed by atoms with Crippen molar-refractivity contribution in [2.75, 3.05) is 26.3 Å². The number of amides is 1. The minimum absolute atomic E-state index is 0.0365. The molecule has 0 saturated carbocycles. The summed E-state index contributed by atoms with van der Waals surface area (Å²) in [5, 5.41) is 3.16. The van der Waals surface area contributed by atoms with Gasteiger partial charge in [-0.05, 0) is 61.5 Å². The number of furan rings is 1. The van der Waals surface area contributed by atoms with Gasteiger partial charge in [-0.25, -0.2) is 0 Å². The van der Waals surface area contributed by atoms with Gasteiger partial charge in [-0.1, -0.05) is 6.07 Å². The first-order valence-corrected chi connectivity index (χ1v) is 9.29. The van der Waals surface area contributed by atoms with Crippen LogP contribution in [0.3, 0.4) is 0 Å². The van der Waals surface area contributed by atoms with Crippen LogP contribution in [0.15, 0.2) is 47.3 Å². The largest absolute Gasteiger partial charge is 0.459 e. The van der Waals surface area contributed by atoms with Crippen LogP contribution in [-0.4, -0.2) is 48.1 Å². The molecule has 2 fully saturated rings. The zero-order chi connectivity index (χ0) is 17.8. The number of nitrogens with one attached hydrogen (secondary N) is 1. The molecule has 0 aromatic carbocycles. The normalized spacial score (nSPS) is 23.0. The van der Waals surface area contributed by atoms with Gasteiger partial charge in [0.1, 0.15) is 0 Å². The van der Waals surface area contributed by atoms with Gasteiger partial charge in [0, 0.05) is 25.5 Å². The fourth-order valence-corrected chi connectivity index (χ4v) is 4.16. The Labute approximate surface area is 153 Å². The van der Waals surface area contributed by atoms with Gasteiger partial charge in [0.25, 0.3) is 5.91 Å². The number of hydrogen-bond acceptors (Lipinski definition) is 5. The highest BCUT2D eigenvalue weighted by molar-refractivity contribution is 5.91. The van der Waals surface area contributed by atoms with E-state index >= 15 is 0 Å². The predicted octanol–water partition coefficient (Wildman–Crippen LogP) is 2.48. The summed E-state index contributed by atoms with van der Waals surface area (Å²) in [7, 11) is 0. The van der Waals surface area contributed by atoms with E-state index in [-0.39, 0.29) is 17.4 Å². The third kappa shape index (κ3) is 3.66. The molecule has 26 heavy (non-hydrogen) atoms. The number of likely N-dealkylation sites (tertiary alicyclic amines) is 1. The number of aromatic nitrogens is 1. The third-order valence-electron chi connectivity index (χ3n) is 5.80. The van der Waals surface area contributed by atoms with Gasteiger partial charge in [0.05, 0.1) is 18.9 Å². The van der Waals surface area contributed by atoms with Crippen LogP contribution < -0.4 is 5.32 Å². The van der Waals surface area contributed by atoms with Crippen molar-refractivity contribution in [3.8, 4) is 0 Å². The number of pyridine rings is 1. The first kappa shape index (κ1) is 17.2. The van der Waals surface area contributed by atoms with E-state index in [9.17, 15) is 4.79 Å². The summed E-state index contributed by atoms with van der Waals surface area (Å²) in [4.78, 5) is 19.1. The summed E-state index contributed by atoms with van der Waals surface area (Å²) >= 11 is 0. The van der Waals surface area contributed by atoms with E-state index in [1.807, 2.05) is 18.5 Å². The molecule has 138 valence electrons. The summed E-state index contributed by atoms with van der Waals surface area (Å²) in [6.07, 6.45) is 8.41. The highest BCUT2D eigenvalue weighted by atomic mass is 16.5. The molecule has 2 aromatic heterocycles. The monoisotopic (exact) mass is 355 g/mol. The van der Waals surface area contributed by atoms with Gasteiger partial charge in [0.15, 0.2) is 5.76 Å². The molecule has 4 heterocycles. The van der Waals surface area contributed by atoms with Crippen molar-refractivity contribution in [1.82, 2.24) is 15.2 Å². The molecule has 0 bridgehead atoms. The maximum atomic E-state index is 12.4. The molecule has 1 N–H and O–H groups in total. The van der Waals surface area contributed by atoms with Crippen LogP contribution in [0, 0.1) is 5.41 Å². The molecule has 1 amide bonds. The van der Waals surface area contributed by atoms with Crippen LogP contribution >= 0.6 is 0 Å². The predicted molar refractivity (Wildman–Crippen MR) is 96.6 cm³/mol. The van der Waals surface area contributed by atoms with Crippen molar-refractivity contribution in [3.63, 3.8) is 0 Å². The Kier molecular flexibility index (Phi) is 5.04. The third-order valence-corrected chi connectivity index (χ3v) is 5.80. The van der Waals surface area contributed by atoms with E-state index in [1.165, 1.54) is 11.8 Å². The smallest absolute Gasteiger partial charge is 0.287 e. The summed E-state index contributed by atoms with van der Waals surface area (Å²) < 4.78 is 10.9. The Morgan fingerprint density at radius 1 is 1.27 bits per heavy atom. The quantitative estimate of drug-likeness (QED) is 0.913. The van der Waals surface area contributed by atoms with Crippen LogP contribution in [-0.2, 0) is 11.3 Å². The molecule has 2 aliphatic heterocycles. The molecule has 0 unspecified atom stereocenters. The number of hydrogen-bond donors (Lipinski definition) is 1. The average molecular weight is 355 g/mol. The maximum absolute atomic E-state index is 12.4. The van der Waals surface area contributed by atoms with Crippen molar-refractivity contribution in [1.29, 1.82) is 0 Å². The zero-order valence-corrected chi connectivity index (χ0v) is 14.9. The lowest BCUT2D eigenvalue weighted by atomic mass is 9.69. The van der Waals surface area contributed by atoms with Crippen LogP contribution in [0.2, 0.25) is 0 Å². The number of carbonyl (C=O) groups excluding carboxylic acids is 1. The van der Waals surface area contributed by atoms with E-state index in [2.05, 4.69) is 21.3 Å². The Balaban J connectivity index is 1.39. The molecule has 2 aromatic rings. The summed E-state index contributed by atoms with van der Waals surface area (Å²) in [5.74, 6) is 0.211. The Morgan fingerprint density at radius 2 is 2.15 bits per heavy atom. The van der Waals surface area contributed by atoms with Crippen molar-refractivity contribution >= 4 is 5.91 Å². The lowest BCUT2D eigenvalue weighted by Gasteiger charge is -2.49. The highest BCUT2D eigenvalue weighted by Gasteiger charge is 2.44. The maximum Gasteiger partial charge on any atom is 0.287 e. The zero-order valence-electron chi connectivity index (χ0n) is 14.9. The number of piperidine rings is 1. The van der Waals surface area contributed by atoms with Crippen LogP contribution in [0.1, 0.15) is 35.4 Å². The molecular weight excluding hydrogens is 330 g/mol. The number of ether oxygens (including phenoxy) is 1. The second-order valence-corrected chi connectivity index (χ2v) is 7.33. The molecule has 2 saturated heterocycles. The van der Waals surface area contributed by atoms with E-state index in [0.717, 1.165) is 45.5 Å². The SMILES string of the molecule is O=C(N[C@@H]1COCCC12CCN(Cc1cccnc1)CC2)c1ccco1.